The van der Waals surface area contributed by atoms with Crippen LogP contribution in [0, 0.1) is 0 Å². The molecule has 0 saturated carbocycles. The van der Waals surface area contributed by atoms with Gasteiger partial charge < -0.3 is 4.42 Å². The van der Waals surface area contributed by atoms with Crippen LogP contribution in [0.4, 0.5) is 0 Å². The van der Waals surface area contributed by atoms with Gasteiger partial charge in [-0.1, -0.05) is 309 Å². The van der Waals surface area contributed by atoms with Gasteiger partial charge in [-0.05, 0) is 277 Å². The number of furan rings is 1. The van der Waals surface area contributed by atoms with Crippen molar-refractivity contribution in [2.75, 3.05) is 0 Å². The highest BCUT2D eigenvalue weighted by molar-refractivity contribution is 6.31. The second kappa shape index (κ2) is 22.5. The second-order valence-corrected chi connectivity index (χ2v) is 30.2. The molecular formula is C106H66O. The van der Waals surface area contributed by atoms with Crippen LogP contribution in [0.25, 0.3) is 197 Å². The fourth-order valence-corrected chi connectivity index (χ4v) is 19.9. The summed E-state index contributed by atoms with van der Waals surface area (Å²) in [4.78, 5) is 0. The zero-order valence-corrected chi connectivity index (χ0v) is 59.0. The fraction of sp³-hybridized carbons (Fsp3) is 0.0377. The summed E-state index contributed by atoms with van der Waals surface area (Å²) in [5, 5.41) is 22.2. The molecule has 23 rings (SSSR count). The standard InChI is InChI=1S/C106H66O/c1-105(74-25-8-4-9-26-74)92-37-18-16-30-80(92)90-58-68-41-43-71(57-73(68)62-94(90)105)101-83-31-14-15-32-84(83)102(89-55-44-63-22-12-13-29-77(63)104(89)101)88-36-20-34-78(98(88)64-23-6-3-7-24-64)70-49-52-81-91-59-67-40-42-69(56-72(67)61-95(91)106(2,93(81)60-70)75-27-10-5-11-28-75)76-50-45-65-48-54-86-79(51-46-66-47-53-85(76)99(65)100(66)86)82-35-21-39-97-103(82)87-33-17-19-38-96(87)107-97/h3-62H,1-2H3. The van der Waals surface area contributed by atoms with Gasteiger partial charge in [0.15, 0.2) is 0 Å². The number of hydrogen-bond donors (Lipinski definition) is 0. The topological polar surface area (TPSA) is 13.1 Å². The molecule has 0 saturated heterocycles. The Kier molecular flexibility index (Phi) is 12.6. The summed E-state index contributed by atoms with van der Waals surface area (Å²) in [6.07, 6.45) is 0. The Labute approximate surface area is 619 Å². The molecule has 0 fully saturated rings. The van der Waals surface area contributed by atoms with E-state index in [1.54, 1.807) is 0 Å². The minimum absolute atomic E-state index is 0.313. The first-order valence-corrected chi connectivity index (χ1v) is 37.5. The molecule has 0 aliphatic heterocycles. The third-order valence-corrected chi connectivity index (χ3v) is 24.9. The van der Waals surface area contributed by atoms with E-state index in [0.717, 1.165) is 21.9 Å². The quantitative estimate of drug-likeness (QED) is 0.109. The molecule has 2 unspecified atom stereocenters. The summed E-state index contributed by atoms with van der Waals surface area (Å²) >= 11 is 0. The smallest absolute Gasteiger partial charge is 0.136 e. The van der Waals surface area contributed by atoms with E-state index < -0.39 is 5.41 Å². The van der Waals surface area contributed by atoms with Crippen molar-refractivity contribution in [2.45, 2.75) is 24.7 Å². The number of rotatable bonds is 8. The summed E-state index contributed by atoms with van der Waals surface area (Å²) in [5.41, 5.74) is 28.6. The molecule has 0 amide bonds. The maximum Gasteiger partial charge on any atom is 0.136 e. The van der Waals surface area contributed by atoms with E-state index in [4.69, 9.17) is 4.42 Å². The Morgan fingerprint density at radius 1 is 0.187 bits per heavy atom. The Balaban J connectivity index is 0.680. The molecule has 2 aliphatic rings. The number of hydrogen-bond acceptors (Lipinski definition) is 1. The molecule has 1 heteroatoms. The van der Waals surface area contributed by atoms with E-state index >= 15 is 0 Å². The van der Waals surface area contributed by atoms with Crippen LogP contribution >= 0.6 is 0 Å². The van der Waals surface area contributed by atoms with Gasteiger partial charge in [-0.2, -0.15) is 0 Å². The zero-order chi connectivity index (χ0) is 70.4. The molecular weight excluding hydrogens is 1290 g/mol. The molecule has 1 aromatic heterocycles. The van der Waals surface area contributed by atoms with Crippen LogP contribution in [0.1, 0.15) is 47.2 Å². The summed E-state index contributed by atoms with van der Waals surface area (Å²) in [7, 11) is 0. The van der Waals surface area contributed by atoms with Crippen molar-refractivity contribution >= 4 is 108 Å². The van der Waals surface area contributed by atoms with E-state index in [1.165, 1.54) is 209 Å². The molecule has 1 heterocycles. The average molecular weight is 1360 g/mol. The summed E-state index contributed by atoms with van der Waals surface area (Å²) in [6.45, 7) is 4.89. The molecule has 1 nitrogen and oxygen atoms in total. The molecule has 0 spiro atoms. The van der Waals surface area contributed by atoms with Crippen molar-refractivity contribution < 1.29 is 4.42 Å². The first-order chi connectivity index (χ1) is 52.8. The molecule has 0 N–H and O–H groups in total. The van der Waals surface area contributed by atoms with Crippen LogP contribution in [0.2, 0.25) is 0 Å². The highest BCUT2D eigenvalue weighted by Gasteiger charge is 2.43. The second-order valence-electron chi connectivity index (χ2n) is 30.2. The van der Waals surface area contributed by atoms with Crippen molar-refractivity contribution in [3.8, 4) is 89.0 Å². The maximum atomic E-state index is 6.43. The van der Waals surface area contributed by atoms with Gasteiger partial charge in [0.05, 0.1) is 0 Å². The first-order valence-electron chi connectivity index (χ1n) is 37.5. The molecule has 107 heavy (non-hydrogen) atoms. The lowest BCUT2D eigenvalue weighted by Gasteiger charge is -2.29. The van der Waals surface area contributed by atoms with Gasteiger partial charge in [0, 0.05) is 21.6 Å². The molecule has 0 radical (unpaired) electrons. The van der Waals surface area contributed by atoms with Gasteiger partial charge in [0.2, 0.25) is 0 Å². The normalized spacial score (nSPS) is 15.3. The van der Waals surface area contributed by atoms with Crippen LogP contribution in [0.5, 0.6) is 0 Å². The minimum atomic E-state index is -0.493. The van der Waals surface area contributed by atoms with Crippen molar-refractivity contribution in [1.29, 1.82) is 0 Å². The van der Waals surface area contributed by atoms with E-state index in [0.29, 0.717) is 0 Å². The Hall–Kier alpha value is -13.5. The number of fused-ring (bicyclic) bond motifs is 15. The first kappa shape index (κ1) is 60.0. The van der Waals surface area contributed by atoms with Crippen molar-refractivity contribution in [2.24, 2.45) is 0 Å². The molecule has 0 bridgehead atoms. The summed E-state index contributed by atoms with van der Waals surface area (Å²) in [5.74, 6) is 0. The van der Waals surface area contributed by atoms with Gasteiger partial charge in [-0.3, -0.25) is 0 Å². The average Bonchev–Trinajstić information content (AvgIpc) is 1.58. The molecule has 496 valence electrons. The van der Waals surface area contributed by atoms with E-state index in [-0.39, 0.29) is 5.41 Å². The summed E-state index contributed by atoms with van der Waals surface area (Å²) in [6, 6.07) is 138. The van der Waals surface area contributed by atoms with Gasteiger partial charge >= 0.3 is 0 Å². The largest absolute Gasteiger partial charge is 0.456 e. The lowest BCUT2D eigenvalue weighted by molar-refractivity contribution is 0.669. The highest BCUT2D eigenvalue weighted by Crippen LogP contribution is 2.58. The molecule has 2 aliphatic carbocycles. The monoisotopic (exact) mass is 1350 g/mol. The lowest BCUT2D eigenvalue weighted by atomic mass is 9.73. The van der Waals surface area contributed by atoms with Crippen molar-refractivity contribution in [1.82, 2.24) is 0 Å². The van der Waals surface area contributed by atoms with Gasteiger partial charge in [0.1, 0.15) is 11.2 Å². The third kappa shape index (κ3) is 8.51. The number of benzene rings is 20. The van der Waals surface area contributed by atoms with E-state index in [9.17, 15) is 0 Å². The Morgan fingerprint density at radius 3 is 1.38 bits per heavy atom. The Morgan fingerprint density at radius 2 is 0.654 bits per heavy atom. The predicted octanol–water partition coefficient (Wildman–Crippen LogP) is 28.9. The fourth-order valence-electron chi connectivity index (χ4n) is 19.9. The van der Waals surface area contributed by atoms with E-state index in [1.807, 2.05) is 0 Å². The Bertz CT molecular complexity index is 7380. The van der Waals surface area contributed by atoms with Crippen molar-refractivity contribution in [3.63, 3.8) is 0 Å². The summed E-state index contributed by atoms with van der Waals surface area (Å²) < 4.78 is 6.43. The van der Waals surface area contributed by atoms with Gasteiger partial charge in [-0.25, -0.2) is 0 Å². The zero-order valence-electron chi connectivity index (χ0n) is 59.0. The van der Waals surface area contributed by atoms with Crippen LogP contribution in [0.3, 0.4) is 0 Å². The molecule has 2 atom stereocenters. The van der Waals surface area contributed by atoms with Crippen LogP contribution in [-0.4, -0.2) is 0 Å². The SMILES string of the molecule is CC1(c2ccccc2)c2cc(-c3cccc(-c4c5ccccc5c(-c5ccc6cc7c(cc6c5)C(C)(c5ccccc5)c5ccccc5-7)c5c4ccc4ccccc45)c3-c3ccccc3)ccc2-c2cc3ccc(-c4ccc5ccc6c(-c7cccc8oc9ccccc9c78)ccc7ccc4c5c76)cc3cc21. The van der Waals surface area contributed by atoms with Crippen LogP contribution < -0.4 is 0 Å². The maximum absolute atomic E-state index is 6.43. The van der Waals surface area contributed by atoms with Crippen LogP contribution in [-0.2, 0) is 10.8 Å². The van der Waals surface area contributed by atoms with Gasteiger partial charge in [-0.15, -0.1) is 0 Å². The number of para-hydroxylation sites is 1. The molecule has 21 aromatic rings. The van der Waals surface area contributed by atoms with Crippen molar-refractivity contribution in [3.05, 3.63) is 397 Å². The predicted molar refractivity (Wildman–Crippen MR) is 452 cm³/mol. The molecule has 20 aromatic carbocycles. The third-order valence-electron chi connectivity index (χ3n) is 24.9. The van der Waals surface area contributed by atoms with Crippen LogP contribution in [0.15, 0.2) is 368 Å². The lowest BCUT2D eigenvalue weighted by Crippen LogP contribution is -2.22. The highest BCUT2D eigenvalue weighted by atomic mass is 16.3. The van der Waals surface area contributed by atoms with E-state index in [2.05, 4.69) is 378 Å². The van der Waals surface area contributed by atoms with Gasteiger partial charge in [0.25, 0.3) is 0 Å². The minimum Gasteiger partial charge on any atom is -0.456 e.